The molecule has 3 aromatic rings. The van der Waals surface area contributed by atoms with E-state index in [-0.39, 0.29) is 0 Å². The van der Waals surface area contributed by atoms with Crippen LogP contribution in [0.5, 0.6) is 0 Å². The number of anilines is 1. The summed E-state index contributed by atoms with van der Waals surface area (Å²) in [6.07, 6.45) is -0.645. The zero-order valence-corrected chi connectivity index (χ0v) is 10.6. The van der Waals surface area contributed by atoms with Crippen LogP contribution in [0.3, 0.4) is 0 Å². The van der Waals surface area contributed by atoms with Crippen molar-refractivity contribution < 1.29 is 5.11 Å². The van der Waals surface area contributed by atoms with Crippen LogP contribution in [0.15, 0.2) is 48.5 Å². The molecule has 0 fully saturated rings. The molecule has 3 N–H and O–H groups in total. The van der Waals surface area contributed by atoms with Gasteiger partial charge in [0.15, 0.2) is 0 Å². The maximum Gasteiger partial charge on any atom is 0.143 e. The van der Waals surface area contributed by atoms with Gasteiger partial charge in [-0.15, -0.1) is 0 Å². The molecule has 0 bridgehead atoms. The highest BCUT2D eigenvalue weighted by Crippen LogP contribution is 2.26. The zero-order valence-electron chi connectivity index (χ0n) is 10.6. The number of hydrogen-bond acceptors (Lipinski definition) is 3. The Bertz CT molecular complexity index is 717. The van der Waals surface area contributed by atoms with Gasteiger partial charge in [0.25, 0.3) is 0 Å². The van der Waals surface area contributed by atoms with E-state index in [2.05, 4.69) is 4.98 Å². The van der Waals surface area contributed by atoms with Gasteiger partial charge in [0.05, 0.1) is 11.0 Å². The van der Waals surface area contributed by atoms with E-state index >= 15 is 0 Å². The van der Waals surface area contributed by atoms with E-state index in [1.165, 1.54) is 0 Å². The Kier molecular flexibility index (Phi) is 2.72. The number of benzene rings is 2. The first-order valence-electron chi connectivity index (χ1n) is 6.18. The molecule has 0 aliphatic rings. The molecule has 19 heavy (non-hydrogen) atoms. The molecule has 0 spiro atoms. The van der Waals surface area contributed by atoms with Crippen molar-refractivity contribution in [2.45, 2.75) is 13.0 Å². The van der Waals surface area contributed by atoms with Crippen molar-refractivity contribution in [3.8, 4) is 5.69 Å². The van der Waals surface area contributed by atoms with Crippen molar-refractivity contribution in [2.24, 2.45) is 0 Å². The van der Waals surface area contributed by atoms with Gasteiger partial charge in [-0.05, 0) is 37.3 Å². The Morgan fingerprint density at radius 3 is 2.58 bits per heavy atom. The lowest BCUT2D eigenvalue weighted by Gasteiger charge is -2.10. The number of aromatic nitrogens is 2. The molecule has 1 aromatic heterocycles. The van der Waals surface area contributed by atoms with Crippen LogP contribution in [-0.2, 0) is 0 Å². The summed E-state index contributed by atoms with van der Waals surface area (Å²) in [7, 11) is 0. The van der Waals surface area contributed by atoms with E-state index in [9.17, 15) is 5.11 Å². The van der Waals surface area contributed by atoms with Crippen molar-refractivity contribution in [3.05, 3.63) is 54.4 Å². The fraction of sp³-hybridized carbons (Fsp3) is 0.133. The average Bonchev–Trinajstić information content (AvgIpc) is 2.78. The van der Waals surface area contributed by atoms with Crippen LogP contribution >= 0.6 is 0 Å². The van der Waals surface area contributed by atoms with Gasteiger partial charge in [-0.2, -0.15) is 0 Å². The smallest absolute Gasteiger partial charge is 0.143 e. The summed E-state index contributed by atoms with van der Waals surface area (Å²) < 4.78 is 1.96. The van der Waals surface area contributed by atoms with Gasteiger partial charge in [0, 0.05) is 11.4 Å². The lowest BCUT2D eigenvalue weighted by Crippen LogP contribution is -2.04. The van der Waals surface area contributed by atoms with Crippen LogP contribution < -0.4 is 5.73 Å². The van der Waals surface area contributed by atoms with E-state index in [1.807, 2.05) is 53.1 Å². The number of rotatable bonds is 2. The first-order valence-corrected chi connectivity index (χ1v) is 6.18. The van der Waals surface area contributed by atoms with Crippen LogP contribution in [0.25, 0.3) is 16.7 Å². The normalized spacial score (nSPS) is 12.7. The third-order valence-corrected chi connectivity index (χ3v) is 3.09. The van der Waals surface area contributed by atoms with Gasteiger partial charge >= 0.3 is 0 Å². The average molecular weight is 253 g/mol. The number of hydrogen-bond donors (Lipinski definition) is 2. The summed E-state index contributed by atoms with van der Waals surface area (Å²) in [4.78, 5) is 4.48. The number of fused-ring (bicyclic) bond motifs is 1. The minimum atomic E-state index is -0.645. The lowest BCUT2D eigenvalue weighted by atomic mass is 10.2. The molecule has 2 aromatic carbocycles. The number of aliphatic hydroxyl groups is 1. The quantitative estimate of drug-likeness (QED) is 0.690. The van der Waals surface area contributed by atoms with E-state index in [0.29, 0.717) is 11.5 Å². The van der Waals surface area contributed by atoms with Gasteiger partial charge in [0.2, 0.25) is 0 Å². The second kappa shape index (κ2) is 4.40. The largest absolute Gasteiger partial charge is 0.399 e. The molecule has 96 valence electrons. The summed E-state index contributed by atoms with van der Waals surface area (Å²) in [5.74, 6) is 0.617. The van der Waals surface area contributed by atoms with Gasteiger partial charge in [0.1, 0.15) is 11.9 Å². The molecule has 0 radical (unpaired) electrons. The molecule has 0 amide bonds. The zero-order chi connectivity index (χ0) is 13.4. The van der Waals surface area contributed by atoms with Crippen LogP contribution in [-0.4, -0.2) is 14.7 Å². The monoisotopic (exact) mass is 253 g/mol. The maximum absolute atomic E-state index is 9.92. The van der Waals surface area contributed by atoms with Gasteiger partial charge in [-0.25, -0.2) is 4.98 Å². The van der Waals surface area contributed by atoms with Crippen molar-refractivity contribution in [3.63, 3.8) is 0 Å². The maximum atomic E-state index is 9.92. The molecule has 4 nitrogen and oxygen atoms in total. The molecular formula is C15H15N3O. The molecule has 1 atom stereocenters. The number of aliphatic hydroxyl groups excluding tert-OH is 1. The summed E-state index contributed by atoms with van der Waals surface area (Å²) >= 11 is 0. The Labute approximate surface area is 111 Å². The fourth-order valence-electron chi connectivity index (χ4n) is 2.24. The molecule has 1 unspecified atom stereocenters. The van der Waals surface area contributed by atoms with Gasteiger partial charge in [-0.1, -0.05) is 18.2 Å². The highest BCUT2D eigenvalue weighted by Gasteiger charge is 2.15. The molecule has 0 saturated carbocycles. The number of nitrogens with zero attached hydrogens (tertiary/aromatic N) is 2. The second-order valence-electron chi connectivity index (χ2n) is 4.57. The molecular weight excluding hydrogens is 238 g/mol. The Hall–Kier alpha value is -2.33. The number of imidazole rings is 1. The molecule has 1 heterocycles. The first-order chi connectivity index (χ1) is 9.16. The van der Waals surface area contributed by atoms with E-state index in [0.717, 1.165) is 16.7 Å². The van der Waals surface area contributed by atoms with Crippen LogP contribution in [0.4, 0.5) is 5.69 Å². The second-order valence-corrected chi connectivity index (χ2v) is 4.57. The predicted molar refractivity (Wildman–Crippen MR) is 76.1 cm³/mol. The highest BCUT2D eigenvalue weighted by atomic mass is 16.3. The standard InChI is InChI=1S/C15H15N3O/c1-10(19)15-17-13-9-11(16)7-8-14(13)18(15)12-5-3-2-4-6-12/h2-10,19H,16H2,1H3. The Morgan fingerprint density at radius 2 is 1.89 bits per heavy atom. The minimum absolute atomic E-state index is 0.617. The Balaban J connectivity index is 2.35. The lowest BCUT2D eigenvalue weighted by molar-refractivity contribution is 0.187. The van der Waals surface area contributed by atoms with E-state index in [4.69, 9.17) is 5.73 Å². The molecule has 3 rings (SSSR count). The summed E-state index contributed by atoms with van der Waals surface area (Å²) in [5.41, 5.74) is 9.17. The SMILES string of the molecule is CC(O)c1nc2cc(N)ccc2n1-c1ccccc1. The summed E-state index contributed by atoms with van der Waals surface area (Å²) in [5, 5.41) is 9.92. The fourth-order valence-corrected chi connectivity index (χ4v) is 2.24. The Morgan fingerprint density at radius 1 is 1.16 bits per heavy atom. The molecule has 0 saturated heterocycles. The number of nitrogens with two attached hydrogens (primary N) is 1. The molecule has 0 aliphatic heterocycles. The minimum Gasteiger partial charge on any atom is -0.399 e. The third kappa shape index (κ3) is 1.96. The van der Waals surface area contributed by atoms with Crippen molar-refractivity contribution >= 4 is 16.7 Å². The van der Waals surface area contributed by atoms with Crippen molar-refractivity contribution in [2.75, 3.05) is 5.73 Å². The van der Waals surface area contributed by atoms with E-state index in [1.54, 1.807) is 6.92 Å². The molecule has 0 aliphatic carbocycles. The van der Waals surface area contributed by atoms with Crippen LogP contribution in [0, 0.1) is 0 Å². The number of para-hydroxylation sites is 1. The molecule has 4 heteroatoms. The van der Waals surface area contributed by atoms with Crippen molar-refractivity contribution in [1.29, 1.82) is 0 Å². The van der Waals surface area contributed by atoms with Gasteiger partial charge < -0.3 is 10.8 Å². The first kappa shape index (κ1) is 11.7. The van der Waals surface area contributed by atoms with E-state index < -0.39 is 6.10 Å². The van der Waals surface area contributed by atoms with Gasteiger partial charge in [-0.3, -0.25) is 4.57 Å². The third-order valence-electron chi connectivity index (χ3n) is 3.09. The van der Waals surface area contributed by atoms with Crippen LogP contribution in [0.1, 0.15) is 18.9 Å². The highest BCUT2D eigenvalue weighted by molar-refractivity contribution is 5.81. The summed E-state index contributed by atoms with van der Waals surface area (Å²) in [6, 6.07) is 15.5. The van der Waals surface area contributed by atoms with Crippen molar-refractivity contribution in [1.82, 2.24) is 9.55 Å². The van der Waals surface area contributed by atoms with Crippen LogP contribution in [0.2, 0.25) is 0 Å². The topological polar surface area (TPSA) is 64.1 Å². The summed E-state index contributed by atoms with van der Waals surface area (Å²) in [6.45, 7) is 1.71. The number of nitrogen functional groups attached to an aromatic ring is 1. The predicted octanol–water partition coefficient (Wildman–Crippen LogP) is 2.66.